The Morgan fingerprint density at radius 2 is 2.20 bits per heavy atom. The Kier molecular flexibility index (Phi) is 5.32. The van der Waals surface area contributed by atoms with Gasteiger partial charge in [-0.2, -0.15) is 0 Å². The van der Waals surface area contributed by atoms with Gasteiger partial charge < -0.3 is 0 Å². The lowest BCUT2D eigenvalue weighted by molar-refractivity contribution is 0.927. The summed E-state index contributed by atoms with van der Waals surface area (Å²) >= 11 is 3.27. The molecule has 0 aliphatic carbocycles. The van der Waals surface area contributed by atoms with Gasteiger partial charge >= 0.3 is 0 Å². The monoisotopic (exact) mass is 200 g/mol. The largest absolute Gasteiger partial charge is 0.0988 e. The fourth-order valence-electron chi connectivity index (χ4n) is 0.723. The van der Waals surface area contributed by atoms with Crippen molar-refractivity contribution in [2.45, 2.75) is 19.8 Å². The topological polar surface area (TPSA) is 0 Å². The molecule has 0 fully saturated rings. The van der Waals surface area contributed by atoms with Gasteiger partial charge in [0.1, 0.15) is 0 Å². The molecule has 0 spiro atoms. The van der Waals surface area contributed by atoms with Crippen LogP contribution in [0.4, 0.5) is 0 Å². The number of rotatable bonds is 4. The highest BCUT2D eigenvalue weighted by Gasteiger charge is 1.88. The summed E-state index contributed by atoms with van der Waals surface area (Å²) in [6, 6.07) is 0. The van der Waals surface area contributed by atoms with E-state index in [1.165, 1.54) is 5.57 Å². The lowest BCUT2D eigenvalue weighted by Crippen LogP contribution is -1.75. The van der Waals surface area contributed by atoms with Crippen LogP contribution in [0.25, 0.3) is 0 Å². The first-order valence-corrected chi connectivity index (χ1v) is 4.17. The van der Waals surface area contributed by atoms with Crippen LogP contribution in [0, 0.1) is 0 Å². The third-order valence-electron chi connectivity index (χ3n) is 1.14. The van der Waals surface area contributed by atoms with E-state index in [2.05, 4.69) is 36.0 Å². The minimum absolute atomic E-state index is 0.913. The number of hydrogen-bond donors (Lipinski definition) is 0. The van der Waals surface area contributed by atoms with Crippen molar-refractivity contribution in [1.82, 2.24) is 0 Å². The summed E-state index contributed by atoms with van der Waals surface area (Å²) in [5.74, 6) is 0. The van der Waals surface area contributed by atoms with Gasteiger partial charge in [-0.1, -0.05) is 48.5 Å². The molecule has 56 valence electrons. The molecule has 0 bridgehead atoms. The average Bonchev–Trinajstić information content (AvgIpc) is 1.86. The van der Waals surface area contributed by atoms with Crippen LogP contribution in [0.2, 0.25) is 0 Å². The number of halogens is 1. The molecule has 0 N–H and O–H groups in total. The molecule has 0 aliphatic heterocycles. The van der Waals surface area contributed by atoms with Crippen molar-refractivity contribution >= 4 is 15.9 Å². The highest BCUT2D eigenvalue weighted by molar-refractivity contribution is 9.11. The summed E-state index contributed by atoms with van der Waals surface area (Å²) in [6.45, 7) is 9.57. The van der Waals surface area contributed by atoms with E-state index in [1.54, 1.807) is 0 Å². The maximum Gasteiger partial charge on any atom is 0.0106 e. The lowest BCUT2D eigenvalue weighted by atomic mass is 10.1. The fourth-order valence-corrected chi connectivity index (χ4v) is 1.02. The van der Waals surface area contributed by atoms with Gasteiger partial charge in [-0.15, -0.1) is 0 Å². The van der Waals surface area contributed by atoms with Gasteiger partial charge in [0.15, 0.2) is 0 Å². The average molecular weight is 201 g/mol. The Morgan fingerprint density at radius 3 is 2.50 bits per heavy atom. The maximum absolute atomic E-state index is 3.72. The van der Waals surface area contributed by atoms with E-state index in [4.69, 9.17) is 0 Å². The van der Waals surface area contributed by atoms with Crippen LogP contribution < -0.4 is 0 Å². The third kappa shape index (κ3) is 4.57. The molecule has 0 radical (unpaired) electrons. The van der Waals surface area contributed by atoms with Crippen LogP contribution in [0.1, 0.15) is 19.8 Å². The SMILES string of the molecule is C=C/C(=C\C(=C)Br)CCC. The molecule has 0 unspecified atom stereocenters. The second-order valence-electron chi connectivity index (χ2n) is 2.12. The smallest absolute Gasteiger partial charge is 0.0106 e. The van der Waals surface area contributed by atoms with E-state index in [-0.39, 0.29) is 0 Å². The van der Waals surface area contributed by atoms with Crippen LogP contribution in [0.3, 0.4) is 0 Å². The first-order valence-electron chi connectivity index (χ1n) is 3.38. The molecule has 10 heavy (non-hydrogen) atoms. The van der Waals surface area contributed by atoms with E-state index in [0.29, 0.717) is 0 Å². The van der Waals surface area contributed by atoms with Crippen molar-refractivity contribution in [3.8, 4) is 0 Å². The molecule has 1 heteroatoms. The Hall–Kier alpha value is -0.300. The Morgan fingerprint density at radius 1 is 1.60 bits per heavy atom. The van der Waals surface area contributed by atoms with Crippen molar-refractivity contribution in [3.63, 3.8) is 0 Å². The molecule has 0 rings (SSSR count). The fraction of sp³-hybridized carbons (Fsp3) is 0.333. The molecular weight excluding hydrogens is 188 g/mol. The first-order chi connectivity index (χ1) is 4.70. The van der Waals surface area contributed by atoms with Crippen LogP contribution >= 0.6 is 15.9 Å². The Bertz CT molecular complexity index is 154. The molecule has 0 nitrogen and oxygen atoms in total. The molecule has 0 aliphatic rings. The van der Waals surface area contributed by atoms with Crippen LogP contribution in [0.15, 0.2) is 35.4 Å². The van der Waals surface area contributed by atoms with Crippen LogP contribution in [-0.4, -0.2) is 0 Å². The zero-order chi connectivity index (χ0) is 7.98. The van der Waals surface area contributed by atoms with Gasteiger partial charge in [0.2, 0.25) is 0 Å². The second-order valence-corrected chi connectivity index (χ2v) is 3.14. The quantitative estimate of drug-likeness (QED) is 0.606. The van der Waals surface area contributed by atoms with Crippen molar-refractivity contribution in [1.29, 1.82) is 0 Å². The highest BCUT2D eigenvalue weighted by atomic mass is 79.9. The Labute approximate surface area is 71.5 Å². The molecule has 0 amide bonds. The standard InChI is InChI=1S/C9H13Br/c1-4-6-9(5-2)7-8(3)10/h5,7H,2-4,6H2,1H3/b9-7+. The molecule has 0 atom stereocenters. The van der Waals surface area contributed by atoms with E-state index < -0.39 is 0 Å². The molecule has 0 aromatic rings. The predicted octanol–water partition coefficient (Wildman–Crippen LogP) is 3.81. The zero-order valence-electron chi connectivity index (χ0n) is 6.36. The van der Waals surface area contributed by atoms with E-state index >= 15 is 0 Å². The number of allylic oxidation sites excluding steroid dienone is 4. The molecule has 0 aromatic heterocycles. The zero-order valence-corrected chi connectivity index (χ0v) is 7.95. The van der Waals surface area contributed by atoms with E-state index in [9.17, 15) is 0 Å². The molecule has 0 saturated heterocycles. The van der Waals surface area contributed by atoms with Gasteiger partial charge in [-0.3, -0.25) is 0 Å². The lowest BCUT2D eigenvalue weighted by Gasteiger charge is -1.96. The van der Waals surface area contributed by atoms with Crippen LogP contribution in [0.5, 0.6) is 0 Å². The molecule has 0 aromatic carbocycles. The summed E-state index contributed by atoms with van der Waals surface area (Å²) in [5, 5.41) is 0. The van der Waals surface area contributed by atoms with Gasteiger partial charge in [0.05, 0.1) is 0 Å². The first kappa shape index (κ1) is 9.70. The van der Waals surface area contributed by atoms with Crippen molar-refractivity contribution in [2.75, 3.05) is 0 Å². The van der Waals surface area contributed by atoms with Gasteiger partial charge in [0, 0.05) is 4.48 Å². The normalized spacial score (nSPS) is 11.2. The summed E-state index contributed by atoms with van der Waals surface area (Å²) in [6.07, 6.45) is 6.10. The molecular formula is C9H13Br. The van der Waals surface area contributed by atoms with E-state index in [1.807, 2.05) is 12.2 Å². The Balaban J connectivity index is 4.03. The molecule has 0 heterocycles. The summed E-state index contributed by atoms with van der Waals surface area (Å²) < 4.78 is 0.913. The predicted molar refractivity (Wildman–Crippen MR) is 51.3 cm³/mol. The highest BCUT2D eigenvalue weighted by Crippen LogP contribution is 2.12. The summed E-state index contributed by atoms with van der Waals surface area (Å²) in [4.78, 5) is 0. The van der Waals surface area contributed by atoms with Gasteiger partial charge in [-0.05, 0) is 18.1 Å². The molecule has 0 saturated carbocycles. The third-order valence-corrected chi connectivity index (χ3v) is 1.37. The second kappa shape index (κ2) is 5.48. The van der Waals surface area contributed by atoms with Gasteiger partial charge in [0.25, 0.3) is 0 Å². The minimum atomic E-state index is 0.913. The maximum atomic E-state index is 3.72. The van der Waals surface area contributed by atoms with Crippen LogP contribution in [-0.2, 0) is 0 Å². The van der Waals surface area contributed by atoms with Crippen molar-refractivity contribution in [3.05, 3.63) is 35.4 Å². The summed E-state index contributed by atoms with van der Waals surface area (Å²) in [7, 11) is 0. The van der Waals surface area contributed by atoms with E-state index in [0.717, 1.165) is 17.3 Å². The van der Waals surface area contributed by atoms with Crippen molar-refractivity contribution in [2.24, 2.45) is 0 Å². The summed E-state index contributed by atoms with van der Waals surface area (Å²) in [5.41, 5.74) is 1.24. The van der Waals surface area contributed by atoms with Crippen molar-refractivity contribution < 1.29 is 0 Å². The van der Waals surface area contributed by atoms with Gasteiger partial charge in [-0.25, -0.2) is 0 Å². The number of hydrogen-bond acceptors (Lipinski definition) is 0. The minimum Gasteiger partial charge on any atom is -0.0988 e.